The average Bonchev–Trinajstić information content (AvgIpc) is 3.60. The number of hydrogen-bond donors (Lipinski definition) is 0. The zero-order chi connectivity index (χ0) is 27.6. The third-order valence-electron chi connectivity index (χ3n) is 9.09. The maximum Gasteiger partial charge on any atom is 0.289 e. The van der Waals surface area contributed by atoms with E-state index in [1.807, 2.05) is 17.0 Å². The molecule has 6 rings (SSSR count). The summed E-state index contributed by atoms with van der Waals surface area (Å²) in [5.41, 5.74) is 1.78. The van der Waals surface area contributed by atoms with Gasteiger partial charge in [0.25, 0.3) is 17.7 Å². The van der Waals surface area contributed by atoms with E-state index in [-0.39, 0.29) is 35.6 Å². The summed E-state index contributed by atoms with van der Waals surface area (Å²) in [6.45, 7) is 3.20. The fraction of sp³-hybridized carbons (Fsp3) is 0.548. The number of amides is 4. The van der Waals surface area contributed by atoms with Crippen molar-refractivity contribution in [3.05, 3.63) is 53.5 Å². The molecule has 0 bridgehead atoms. The van der Waals surface area contributed by atoms with Crippen LogP contribution in [0.3, 0.4) is 0 Å². The predicted octanol–water partition coefficient (Wildman–Crippen LogP) is 4.19. The van der Waals surface area contributed by atoms with Crippen molar-refractivity contribution in [2.75, 3.05) is 44.2 Å². The smallest absolute Gasteiger partial charge is 0.289 e. The highest BCUT2D eigenvalue weighted by atomic mass is 16.3. The van der Waals surface area contributed by atoms with E-state index in [2.05, 4.69) is 4.90 Å². The first-order valence-corrected chi connectivity index (χ1v) is 14.9. The fourth-order valence-electron chi connectivity index (χ4n) is 6.92. The van der Waals surface area contributed by atoms with Gasteiger partial charge in [0.05, 0.1) is 29.0 Å². The molecule has 1 aromatic carbocycles. The van der Waals surface area contributed by atoms with Gasteiger partial charge in [-0.2, -0.15) is 0 Å². The fourth-order valence-corrected chi connectivity index (χ4v) is 6.92. The minimum absolute atomic E-state index is 0.0328. The highest BCUT2D eigenvalue weighted by molar-refractivity contribution is 6.24. The molecule has 4 amide bonds. The molecule has 0 unspecified atom stereocenters. The first-order chi connectivity index (χ1) is 19.5. The Balaban J connectivity index is 1.13. The minimum Gasteiger partial charge on any atom is -0.459 e. The summed E-state index contributed by atoms with van der Waals surface area (Å²) in [5, 5.41) is 0. The largest absolute Gasteiger partial charge is 0.459 e. The number of rotatable bonds is 4. The van der Waals surface area contributed by atoms with Crippen molar-refractivity contribution in [1.29, 1.82) is 0 Å². The lowest BCUT2D eigenvalue weighted by molar-refractivity contribution is -0.137. The monoisotopic (exact) mass is 546 g/mol. The van der Waals surface area contributed by atoms with Crippen LogP contribution in [0.15, 0.2) is 41.0 Å². The lowest BCUT2D eigenvalue weighted by atomic mass is 9.94. The van der Waals surface area contributed by atoms with Crippen LogP contribution < -0.4 is 4.90 Å². The molecule has 0 radical (unpaired) electrons. The zero-order valence-electron chi connectivity index (χ0n) is 23.1. The topological polar surface area (TPSA) is 94.4 Å². The van der Waals surface area contributed by atoms with Gasteiger partial charge < -0.3 is 19.1 Å². The van der Waals surface area contributed by atoms with Gasteiger partial charge in [-0.1, -0.05) is 38.2 Å². The standard InChI is InChI=1S/C31H38N4O5/c36-28(32-16-18-33(19-17-32)30(38)26-14-8-20-40-26)22-9-7-15-34(21-22)25-13-6-12-24-27(25)31(39)35(29(24)37)23-10-4-2-1-3-5-11-23/h6,8,12-14,20,22-23H,1-5,7,9-11,15-19,21H2/t22-/m0/s1. The summed E-state index contributed by atoms with van der Waals surface area (Å²) in [5.74, 6) is -0.261. The SMILES string of the molecule is O=C(c1ccco1)N1CCN(C(=O)[C@H]2CCCN(c3cccc4c3C(=O)N(C3CCCCCCC3)C4=O)C2)CC1. The first-order valence-electron chi connectivity index (χ1n) is 14.9. The molecule has 0 N–H and O–H groups in total. The number of nitrogens with zero attached hydrogens (tertiary/aromatic N) is 4. The summed E-state index contributed by atoms with van der Waals surface area (Å²) in [4.78, 5) is 60.6. The van der Waals surface area contributed by atoms with Crippen molar-refractivity contribution < 1.29 is 23.6 Å². The van der Waals surface area contributed by atoms with Crippen LogP contribution in [0.4, 0.5) is 5.69 Å². The van der Waals surface area contributed by atoms with Gasteiger partial charge in [0, 0.05) is 45.3 Å². The Morgan fingerprint density at radius 2 is 1.48 bits per heavy atom. The van der Waals surface area contributed by atoms with Crippen LogP contribution in [0.1, 0.15) is 89.1 Å². The van der Waals surface area contributed by atoms with Crippen LogP contribution in [0, 0.1) is 5.92 Å². The second-order valence-corrected chi connectivity index (χ2v) is 11.6. The number of benzene rings is 1. The normalized spacial score (nSPS) is 22.8. The molecule has 9 heteroatoms. The summed E-state index contributed by atoms with van der Waals surface area (Å²) < 4.78 is 5.24. The van der Waals surface area contributed by atoms with Crippen molar-refractivity contribution in [2.45, 2.75) is 63.8 Å². The Morgan fingerprint density at radius 1 is 0.750 bits per heavy atom. The van der Waals surface area contributed by atoms with Crippen LogP contribution in [0.5, 0.6) is 0 Å². The van der Waals surface area contributed by atoms with Crippen molar-refractivity contribution in [1.82, 2.24) is 14.7 Å². The van der Waals surface area contributed by atoms with E-state index in [0.717, 1.165) is 63.6 Å². The first kappa shape index (κ1) is 26.6. The van der Waals surface area contributed by atoms with E-state index in [1.165, 1.54) is 17.6 Å². The third kappa shape index (κ3) is 5.02. The van der Waals surface area contributed by atoms with Gasteiger partial charge >= 0.3 is 0 Å². The van der Waals surface area contributed by atoms with Crippen LogP contribution in [-0.2, 0) is 4.79 Å². The Hall–Kier alpha value is -3.62. The molecule has 1 aromatic heterocycles. The summed E-state index contributed by atoms with van der Waals surface area (Å²) in [6.07, 6.45) is 10.5. The molecule has 2 aromatic rings. The molecule has 3 aliphatic heterocycles. The summed E-state index contributed by atoms with van der Waals surface area (Å²) in [7, 11) is 0. The van der Waals surface area contributed by atoms with Gasteiger partial charge in [0.2, 0.25) is 5.91 Å². The lowest BCUT2D eigenvalue weighted by Crippen LogP contribution is -2.53. The third-order valence-corrected chi connectivity index (χ3v) is 9.09. The van der Waals surface area contributed by atoms with Crippen molar-refractivity contribution in [2.24, 2.45) is 5.92 Å². The molecule has 1 saturated carbocycles. The predicted molar refractivity (Wildman–Crippen MR) is 149 cm³/mol. The van der Waals surface area contributed by atoms with E-state index in [9.17, 15) is 19.2 Å². The molecule has 1 atom stereocenters. The summed E-state index contributed by atoms with van der Waals surface area (Å²) >= 11 is 0. The number of carbonyl (C=O) groups is 4. The summed E-state index contributed by atoms with van der Waals surface area (Å²) in [6, 6.07) is 8.89. The van der Waals surface area contributed by atoms with Gasteiger partial charge in [-0.05, 0) is 49.9 Å². The molecule has 3 fully saturated rings. The zero-order valence-corrected chi connectivity index (χ0v) is 23.1. The molecule has 4 heterocycles. The van der Waals surface area contributed by atoms with Crippen molar-refractivity contribution in [3.8, 4) is 0 Å². The molecule has 1 aliphatic carbocycles. The van der Waals surface area contributed by atoms with Crippen LogP contribution in [0.2, 0.25) is 0 Å². The van der Waals surface area contributed by atoms with Crippen LogP contribution in [-0.4, -0.2) is 83.6 Å². The Morgan fingerprint density at radius 3 is 2.20 bits per heavy atom. The van der Waals surface area contributed by atoms with E-state index in [0.29, 0.717) is 49.6 Å². The highest BCUT2D eigenvalue weighted by Gasteiger charge is 2.43. The van der Waals surface area contributed by atoms with E-state index < -0.39 is 0 Å². The molecular weight excluding hydrogens is 508 g/mol. The number of carbonyl (C=O) groups excluding carboxylic acids is 4. The van der Waals surface area contributed by atoms with Crippen molar-refractivity contribution >= 4 is 29.3 Å². The van der Waals surface area contributed by atoms with E-state index in [4.69, 9.17) is 4.42 Å². The van der Waals surface area contributed by atoms with Crippen LogP contribution >= 0.6 is 0 Å². The Kier molecular flexibility index (Phi) is 7.63. The highest BCUT2D eigenvalue weighted by Crippen LogP contribution is 2.37. The molecule has 9 nitrogen and oxygen atoms in total. The number of anilines is 1. The lowest BCUT2D eigenvalue weighted by Gasteiger charge is -2.39. The van der Waals surface area contributed by atoms with Gasteiger partial charge in [-0.15, -0.1) is 0 Å². The maximum absolute atomic E-state index is 13.8. The minimum atomic E-state index is -0.189. The molecule has 0 spiro atoms. The number of piperidine rings is 1. The molecule has 4 aliphatic rings. The second-order valence-electron chi connectivity index (χ2n) is 11.6. The van der Waals surface area contributed by atoms with Crippen LogP contribution in [0.25, 0.3) is 0 Å². The molecule has 40 heavy (non-hydrogen) atoms. The number of furan rings is 1. The Labute approximate surface area is 235 Å². The molecule has 2 saturated heterocycles. The van der Waals surface area contributed by atoms with Gasteiger partial charge in [-0.25, -0.2) is 0 Å². The Bertz CT molecular complexity index is 1260. The second kappa shape index (κ2) is 11.5. The number of piperazine rings is 1. The quantitative estimate of drug-likeness (QED) is 0.534. The van der Waals surface area contributed by atoms with Gasteiger partial charge in [0.1, 0.15) is 0 Å². The van der Waals surface area contributed by atoms with Crippen molar-refractivity contribution in [3.63, 3.8) is 0 Å². The van der Waals surface area contributed by atoms with Gasteiger partial charge in [-0.3, -0.25) is 24.1 Å². The van der Waals surface area contributed by atoms with E-state index in [1.54, 1.807) is 23.1 Å². The molecular formula is C31H38N4O5. The van der Waals surface area contributed by atoms with E-state index >= 15 is 0 Å². The number of imide groups is 1. The number of hydrogen-bond acceptors (Lipinski definition) is 6. The average molecular weight is 547 g/mol. The number of fused-ring (bicyclic) bond motifs is 1. The maximum atomic E-state index is 13.8. The molecule has 212 valence electrons. The van der Waals surface area contributed by atoms with Gasteiger partial charge in [0.15, 0.2) is 5.76 Å².